The Hall–Kier alpha value is -2.23. The SMILES string of the molecule is COc1cc(C#N)cc(Cl)c1OCCCS(=O)(=O)c1ccccc1. The van der Waals surface area contributed by atoms with Gasteiger partial charge in [0.05, 0.1) is 41.0 Å². The van der Waals surface area contributed by atoms with E-state index in [0.717, 1.165) is 0 Å². The molecule has 0 N–H and O–H groups in total. The Bertz CT molecular complexity index is 845. The standard InChI is InChI=1S/C17H16ClNO4S/c1-22-16-11-13(12-19)10-15(18)17(16)23-8-5-9-24(20,21)14-6-3-2-4-7-14/h2-4,6-7,10-11H,5,8-9H2,1H3. The molecule has 2 aromatic rings. The van der Waals surface area contributed by atoms with Crippen LogP contribution in [0.1, 0.15) is 12.0 Å². The van der Waals surface area contributed by atoms with Gasteiger partial charge in [0.15, 0.2) is 21.3 Å². The molecule has 0 bridgehead atoms. The minimum atomic E-state index is -3.34. The molecule has 0 heterocycles. The summed E-state index contributed by atoms with van der Waals surface area (Å²) in [6.07, 6.45) is 0.302. The minimum Gasteiger partial charge on any atom is -0.493 e. The van der Waals surface area contributed by atoms with E-state index < -0.39 is 9.84 Å². The number of sulfone groups is 1. The van der Waals surface area contributed by atoms with Crippen molar-refractivity contribution in [3.8, 4) is 17.6 Å². The Morgan fingerprint density at radius 1 is 1.21 bits per heavy atom. The number of ether oxygens (including phenoxy) is 2. The summed E-state index contributed by atoms with van der Waals surface area (Å²) in [6.45, 7) is 0.161. The summed E-state index contributed by atoms with van der Waals surface area (Å²) in [7, 11) is -1.89. The molecule has 0 saturated heterocycles. The number of hydrogen-bond acceptors (Lipinski definition) is 5. The number of nitrogens with zero attached hydrogens (tertiary/aromatic N) is 1. The maximum atomic E-state index is 12.2. The predicted molar refractivity (Wildman–Crippen MR) is 91.3 cm³/mol. The maximum absolute atomic E-state index is 12.2. The fourth-order valence-corrected chi connectivity index (χ4v) is 3.66. The van der Waals surface area contributed by atoms with Crippen LogP contribution in [-0.4, -0.2) is 27.9 Å². The van der Waals surface area contributed by atoms with Gasteiger partial charge in [-0.3, -0.25) is 0 Å². The topological polar surface area (TPSA) is 76.4 Å². The molecule has 0 unspecified atom stereocenters. The number of benzene rings is 2. The highest BCUT2D eigenvalue weighted by Gasteiger charge is 2.15. The van der Waals surface area contributed by atoms with Crippen molar-refractivity contribution in [3.05, 3.63) is 53.1 Å². The molecule has 0 aromatic heterocycles. The summed E-state index contributed by atoms with van der Waals surface area (Å²) in [5.74, 6) is 0.605. The molecule has 126 valence electrons. The van der Waals surface area contributed by atoms with Crippen LogP contribution < -0.4 is 9.47 Å². The lowest BCUT2D eigenvalue weighted by atomic mass is 10.2. The summed E-state index contributed by atoms with van der Waals surface area (Å²) in [4.78, 5) is 0.291. The molecule has 5 nitrogen and oxygen atoms in total. The summed E-state index contributed by atoms with van der Waals surface area (Å²) in [5, 5.41) is 9.16. The van der Waals surface area contributed by atoms with E-state index in [2.05, 4.69) is 0 Å². The van der Waals surface area contributed by atoms with E-state index in [4.69, 9.17) is 26.3 Å². The molecule has 0 aliphatic rings. The van der Waals surface area contributed by atoms with Gasteiger partial charge in [-0.25, -0.2) is 8.42 Å². The number of methoxy groups -OCH3 is 1. The second kappa shape index (κ2) is 8.04. The highest BCUT2D eigenvalue weighted by atomic mass is 35.5. The Balaban J connectivity index is 1.99. The highest BCUT2D eigenvalue weighted by molar-refractivity contribution is 7.91. The van der Waals surface area contributed by atoms with Crippen molar-refractivity contribution in [3.63, 3.8) is 0 Å². The van der Waals surface area contributed by atoms with E-state index >= 15 is 0 Å². The van der Waals surface area contributed by atoms with Crippen LogP contribution in [0.3, 0.4) is 0 Å². The highest BCUT2D eigenvalue weighted by Crippen LogP contribution is 2.36. The second-order valence-corrected chi connectivity index (χ2v) is 7.45. The number of nitriles is 1. The van der Waals surface area contributed by atoms with Gasteiger partial charge in [-0.1, -0.05) is 29.8 Å². The molecule has 0 radical (unpaired) electrons. The van der Waals surface area contributed by atoms with E-state index in [-0.39, 0.29) is 17.4 Å². The quantitative estimate of drug-likeness (QED) is 0.702. The molecular weight excluding hydrogens is 350 g/mol. The van der Waals surface area contributed by atoms with E-state index in [1.807, 2.05) is 6.07 Å². The van der Waals surface area contributed by atoms with E-state index in [9.17, 15) is 8.42 Å². The maximum Gasteiger partial charge on any atom is 0.179 e. The Labute approximate surface area is 146 Å². The number of rotatable bonds is 7. The van der Waals surface area contributed by atoms with Gasteiger partial charge in [-0.05, 0) is 24.6 Å². The predicted octanol–water partition coefficient (Wildman–Crippen LogP) is 3.46. The molecule has 7 heteroatoms. The summed E-state index contributed by atoms with van der Waals surface area (Å²) < 4.78 is 35.1. The van der Waals surface area contributed by atoms with Gasteiger partial charge in [0.1, 0.15) is 0 Å². The van der Waals surface area contributed by atoms with E-state index in [0.29, 0.717) is 28.4 Å². The molecule has 24 heavy (non-hydrogen) atoms. The van der Waals surface area contributed by atoms with Crippen LogP contribution in [0.5, 0.6) is 11.5 Å². The van der Waals surface area contributed by atoms with Crippen LogP contribution in [0.15, 0.2) is 47.4 Å². The minimum absolute atomic E-state index is 0.0345. The molecule has 0 aliphatic carbocycles. The molecule has 0 amide bonds. The summed E-state index contributed by atoms with van der Waals surface area (Å²) >= 11 is 6.08. The van der Waals surface area contributed by atoms with Crippen molar-refractivity contribution in [2.45, 2.75) is 11.3 Å². The van der Waals surface area contributed by atoms with Crippen molar-refractivity contribution in [2.24, 2.45) is 0 Å². The third-order valence-corrected chi connectivity index (χ3v) is 5.36. The zero-order valence-corrected chi connectivity index (χ0v) is 14.6. The first-order chi connectivity index (χ1) is 11.5. The smallest absolute Gasteiger partial charge is 0.179 e. The molecule has 2 aromatic carbocycles. The molecule has 0 spiro atoms. The van der Waals surface area contributed by atoms with Gasteiger partial charge in [-0.15, -0.1) is 0 Å². The zero-order valence-electron chi connectivity index (χ0n) is 13.0. The molecular formula is C17H16ClNO4S. The first kappa shape index (κ1) is 18.1. The first-order valence-electron chi connectivity index (χ1n) is 7.16. The Kier molecular flexibility index (Phi) is 6.07. The molecule has 2 rings (SSSR count). The van der Waals surface area contributed by atoms with Crippen LogP contribution in [-0.2, 0) is 9.84 Å². The number of halogens is 1. The van der Waals surface area contributed by atoms with Crippen LogP contribution >= 0.6 is 11.6 Å². The lowest BCUT2D eigenvalue weighted by Crippen LogP contribution is -2.10. The van der Waals surface area contributed by atoms with E-state index in [1.165, 1.54) is 19.2 Å². The van der Waals surface area contributed by atoms with Crippen molar-refractivity contribution in [1.82, 2.24) is 0 Å². The van der Waals surface area contributed by atoms with Gasteiger partial charge in [0, 0.05) is 6.07 Å². The van der Waals surface area contributed by atoms with Crippen molar-refractivity contribution in [1.29, 1.82) is 5.26 Å². The normalized spacial score (nSPS) is 10.9. The van der Waals surface area contributed by atoms with Gasteiger partial charge >= 0.3 is 0 Å². The average molecular weight is 366 g/mol. The summed E-state index contributed by atoms with van der Waals surface area (Å²) in [6, 6.07) is 13.2. The van der Waals surface area contributed by atoms with Crippen LogP contribution in [0.2, 0.25) is 5.02 Å². The van der Waals surface area contributed by atoms with Gasteiger partial charge in [-0.2, -0.15) is 5.26 Å². The van der Waals surface area contributed by atoms with Gasteiger partial charge in [0.2, 0.25) is 0 Å². The molecule has 0 fully saturated rings. The fraction of sp³-hybridized carbons (Fsp3) is 0.235. The van der Waals surface area contributed by atoms with Crippen LogP contribution in [0.4, 0.5) is 0 Å². The second-order valence-electron chi connectivity index (χ2n) is 4.94. The lowest BCUT2D eigenvalue weighted by Gasteiger charge is -2.12. The molecule has 0 aliphatic heterocycles. The summed E-state index contributed by atoms with van der Waals surface area (Å²) in [5.41, 5.74) is 0.357. The zero-order chi connectivity index (χ0) is 17.6. The monoisotopic (exact) mass is 365 g/mol. The fourth-order valence-electron chi connectivity index (χ4n) is 2.09. The van der Waals surface area contributed by atoms with Crippen molar-refractivity contribution >= 4 is 21.4 Å². The van der Waals surface area contributed by atoms with Crippen LogP contribution in [0.25, 0.3) is 0 Å². The average Bonchev–Trinajstić information content (AvgIpc) is 2.60. The lowest BCUT2D eigenvalue weighted by molar-refractivity contribution is 0.294. The Morgan fingerprint density at radius 3 is 2.54 bits per heavy atom. The van der Waals surface area contributed by atoms with Gasteiger partial charge in [0.25, 0.3) is 0 Å². The Morgan fingerprint density at radius 2 is 1.92 bits per heavy atom. The molecule has 0 atom stereocenters. The number of hydrogen-bond donors (Lipinski definition) is 0. The van der Waals surface area contributed by atoms with E-state index in [1.54, 1.807) is 30.3 Å². The van der Waals surface area contributed by atoms with Gasteiger partial charge < -0.3 is 9.47 Å². The third-order valence-electron chi connectivity index (χ3n) is 3.26. The van der Waals surface area contributed by atoms with Crippen LogP contribution in [0, 0.1) is 11.3 Å². The first-order valence-corrected chi connectivity index (χ1v) is 9.19. The largest absolute Gasteiger partial charge is 0.493 e. The van der Waals surface area contributed by atoms with Crippen molar-refractivity contribution < 1.29 is 17.9 Å². The third kappa shape index (κ3) is 4.40. The molecule has 0 saturated carbocycles. The van der Waals surface area contributed by atoms with Crippen molar-refractivity contribution in [2.75, 3.05) is 19.5 Å².